The minimum atomic E-state index is -1.21. The summed E-state index contributed by atoms with van der Waals surface area (Å²) in [4.78, 5) is 47.6. The van der Waals surface area contributed by atoms with Crippen LogP contribution in [-0.2, 0) is 19.1 Å². The highest BCUT2D eigenvalue weighted by Gasteiger charge is 2.48. The number of allylic oxidation sites excluding steroid dienone is 1. The zero-order chi connectivity index (χ0) is 22.2. The van der Waals surface area contributed by atoms with E-state index in [1.165, 1.54) is 24.3 Å². The quantitative estimate of drug-likeness (QED) is 0.392. The van der Waals surface area contributed by atoms with Gasteiger partial charge in [-0.2, -0.15) is 5.26 Å². The van der Waals surface area contributed by atoms with Crippen molar-refractivity contribution >= 4 is 35.3 Å². The topological polar surface area (TPSA) is 177 Å². The molecule has 30 heavy (non-hydrogen) atoms. The van der Waals surface area contributed by atoms with Gasteiger partial charge < -0.3 is 15.6 Å². The average Bonchev–Trinajstić information content (AvgIpc) is 3.03. The molecule has 2 aliphatic rings. The molecule has 11 nitrogen and oxygen atoms in total. The molecule has 2 atom stereocenters. The predicted molar refractivity (Wildman–Crippen MR) is 102 cm³/mol. The molecule has 2 unspecified atom stereocenters. The fourth-order valence-corrected chi connectivity index (χ4v) is 4.57. The highest BCUT2D eigenvalue weighted by atomic mass is 32.2. The molecular weight excluding hydrogens is 416 g/mol. The SMILES string of the molecule is COC(=O)C1=C(N)N2C(=O)C(CC(=O)O)SC2=C(C#N)C1c1ccc([N+](=O)[O-])cc1. The van der Waals surface area contributed by atoms with Gasteiger partial charge in [0.1, 0.15) is 11.1 Å². The molecule has 0 aromatic heterocycles. The zero-order valence-electron chi connectivity index (χ0n) is 15.4. The van der Waals surface area contributed by atoms with E-state index in [0.717, 1.165) is 23.8 Å². The standard InChI is InChI=1S/C18H14N4O7S/c1-29-18(26)14-13(8-2-4-9(5-3-8)22(27)28)10(7-19)17-21(15(14)20)16(25)11(30-17)6-12(23)24/h2-5,11,13H,6,20H2,1H3,(H,23,24). The van der Waals surface area contributed by atoms with Crippen LogP contribution >= 0.6 is 11.8 Å². The maximum Gasteiger partial charge on any atom is 0.338 e. The van der Waals surface area contributed by atoms with Crippen LogP contribution in [0.15, 0.2) is 46.3 Å². The molecule has 1 amide bonds. The van der Waals surface area contributed by atoms with Gasteiger partial charge in [-0.15, -0.1) is 0 Å². The Labute approximate surface area is 173 Å². The largest absolute Gasteiger partial charge is 0.481 e. The van der Waals surface area contributed by atoms with Gasteiger partial charge in [-0.3, -0.25) is 24.6 Å². The number of nitrogens with two attached hydrogens (primary N) is 1. The molecule has 3 N–H and O–H groups in total. The first-order valence-corrected chi connectivity index (χ1v) is 9.28. The third-order valence-electron chi connectivity index (χ3n) is 4.60. The number of benzene rings is 1. The van der Waals surface area contributed by atoms with Crippen LogP contribution in [0.5, 0.6) is 0 Å². The first kappa shape index (κ1) is 20.9. The molecule has 1 saturated heterocycles. The molecule has 154 valence electrons. The molecule has 2 heterocycles. The van der Waals surface area contributed by atoms with Gasteiger partial charge in [-0.25, -0.2) is 4.79 Å². The second-order valence-electron chi connectivity index (χ2n) is 6.28. The third-order valence-corrected chi connectivity index (χ3v) is 5.88. The second kappa shape index (κ2) is 7.88. The number of amides is 1. The smallest absolute Gasteiger partial charge is 0.338 e. The summed E-state index contributed by atoms with van der Waals surface area (Å²) < 4.78 is 4.79. The molecule has 0 aliphatic carbocycles. The van der Waals surface area contributed by atoms with Crippen LogP contribution in [0.4, 0.5) is 5.69 Å². The summed E-state index contributed by atoms with van der Waals surface area (Å²) in [6, 6.07) is 7.16. The van der Waals surface area contributed by atoms with Crippen molar-refractivity contribution in [3.8, 4) is 6.07 Å². The second-order valence-corrected chi connectivity index (χ2v) is 7.47. The van der Waals surface area contributed by atoms with Crippen molar-refractivity contribution in [2.45, 2.75) is 17.6 Å². The van der Waals surface area contributed by atoms with Crippen molar-refractivity contribution in [3.63, 3.8) is 0 Å². The van der Waals surface area contributed by atoms with Gasteiger partial charge in [0.2, 0.25) is 5.91 Å². The summed E-state index contributed by atoms with van der Waals surface area (Å²) in [5.74, 6) is -4.07. The minimum Gasteiger partial charge on any atom is -0.481 e. The van der Waals surface area contributed by atoms with Gasteiger partial charge in [-0.1, -0.05) is 23.9 Å². The Morgan fingerprint density at radius 2 is 2.03 bits per heavy atom. The Hall–Kier alpha value is -3.85. The van der Waals surface area contributed by atoms with Crippen LogP contribution in [0.2, 0.25) is 0 Å². The number of carbonyl (C=O) groups excluding carboxylic acids is 2. The number of esters is 1. The van der Waals surface area contributed by atoms with E-state index in [9.17, 15) is 29.8 Å². The fraction of sp³-hybridized carbons (Fsp3) is 0.222. The Morgan fingerprint density at radius 3 is 2.53 bits per heavy atom. The van der Waals surface area contributed by atoms with Gasteiger partial charge in [0.05, 0.1) is 46.6 Å². The van der Waals surface area contributed by atoms with Crippen molar-refractivity contribution in [2.75, 3.05) is 7.11 Å². The summed E-state index contributed by atoms with van der Waals surface area (Å²) in [7, 11) is 1.11. The van der Waals surface area contributed by atoms with E-state index in [4.69, 9.17) is 15.6 Å². The highest BCUT2D eigenvalue weighted by molar-refractivity contribution is 8.04. The Bertz CT molecular complexity index is 1070. The van der Waals surface area contributed by atoms with E-state index in [-0.39, 0.29) is 27.7 Å². The average molecular weight is 430 g/mol. The number of fused-ring (bicyclic) bond motifs is 1. The number of rotatable bonds is 5. The van der Waals surface area contributed by atoms with E-state index in [2.05, 4.69) is 0 Å². The number of nitro benzene ring substituents is 1. The van der Waals surface area contributed by atoms with Gasteiger partial charge in [-0.05, 0) is 5.56 Å². The van der Waals surface area contributed by atoms with Crippen molar-refractivity contribution in [1.82, 2.24) is 4.90 Å². The van der Waals surface area contributed by atoms with Crippen molar-refractivity contribution in [1.29, 1.82) is 5.26 Å². The van der Waals surface area contributed by atoms with Crippen LogP contribution in [0.25, 0.3) is 0 Å². The lowest BCUT2D eigenvalue weighted by Crippen LogP contribution is -2.39. The number of carbonyl (C=O) groups is 3. The van der Waals surface area contributed by atoms with Crippen LogP contribution in [0.1, 0.15) is 17.9 Å². The van der Waals surface area contributed by atoms with E-state index in [0.29, 0.717) is 5.56 Å². The van der Waals surface area contributed by atoms with Crippen LogP contribution in [0.3, 0.4) is 0 Å². The fourth-order valence-electron chi connectivity index (χ4n) is 3.28. The van der Waals surface area contributed by atoms with Crippen molar-refractivity contribution in [3.05, 3.63) is 61.9 Å². The highest BCUT2D eigenvalue weighted by Crippen LogP contribution is 2.49. The number of carboxylic acids is 1. The number of ether oxygens (including phenoxy) is 1. The lowest BCUT2D eigenvalue weighted by atomic mass is 9.83. The van der Waals surface area contributed by atoms with E-state index < -0.39 is 40.4 Å². The number of methoxy groups -OCH3 is 1. The maximum atomic E-state index is 12.7. The van der Waals surface area contributed by atoms with Crippen molar-refractivity contribution < 1.29 is 29.2 Å². The number of thioether (sulfide) groups is 1. The number of hydrogen-bond acceptors (Lipinski definition) is 9. The molecule has 0 spiro atoms. The van der Waals surface area contributed by atoms with Crippen LogP contribution < -0.4 is 5.73 Å². The zero-order valence-corrected chi connectivity index (χ0v) is 16.2. The number of aliphatic carboxylic acids is 1. The van der Waals surface area contributed by atoms with Gasteiger partial charge >= 0.3 is 11.9 Å². The molecule has 12 heteroatoms. The Kier molecular flexibility index (Phi) is 5.48. The van der Waals surface area contributed by atoms with Crippen LogP contribution in [-0.4, -0.2) is 45.1 Å². The lowest BCUT2D eigenvalue weighted by Gasteiger charge is -2.31. The molecule has 3 rings (SSSR count). The molecule has 0 bridgehead atoms. The van der Waals surface area contributed by atoms with Crippen LogP contribution in [0, 0.1) is 21.4 Å². The Morgan fingerprint density at radius 1 is 1.40 bits per heavy atom. The molecule has 1 aromatic carbocycles. The Balaban J connectivity index is 2.20. The number of carboxylic acid groups (broad SMARTS) is 1. The van der Waals surface area contributed by atoms with Gasteiger partial charge in [0.25, 0.3) is 5.69 Å². The van der Waals surface area contributed by atoms with Gasteiger partial charge in [0.15, 0.2) is 0 Å². The molecule has 0 saturated carbocycles. The van der Waals surface area contributed by atoms with E-state index >= 15 is 0 Å². The van der Waals surface area contributed by atoms with E-state index in [1.807, 2.05) is 6.07 Å². The molecule has 1 fully saturated rings. The molecule has 2 aliphatic heterocycles. The number of hydrogen-bond donors (Lipinski definition) is 2. The number of nitriles is 1. The lowest BCUT2D eigenvalue weighted by molar-refractivity contribution is -0.384. The first-order valence-electron chi connectivity index (χ1n) is 8.40. The van der Waals surface area contributed by atoms with Crippen molar-refractivity contribution in [2.24, 2.45) is 5.73 Å². The number of nitro groups is 1. The summed E-state index contributed by atoms with van der Waals surface area (Å²) in [6.45, 7) is 0. The molecule has 0 radical (unpaired) electrons. The minimum absolute atomic E-state index is 0.00954. The third kappa shape index (κ3) is 3.35. The summed E-state index contributed by atoms with van der Waals surface area (Å²) in [5.41, 5.74) is 6.09. The summed E-state index contributed by atoms with van der Waals surface area (Å²) in [5, 5.41) is 28.9. The predicted octanol–water partition coefficient (Wildman–Crippen LogP) is 1.19. The monoisotopic (exact) mass is 430 g/mol. The number of non-ortho nitro benzene ring substituents is 1. The van der Waals surface area contributed by atoms with E-state index in [1.54, 1.807) is 0 Å². The number of nitrogens with zero attached hydrogens (tertiary/aromatic N) is 3. The first-order chi connectivity index (χ1) is 14.2. The van der Waals surface area contributed by atoms with Gasteiger partial charge in [0, 0.05) is 12.1 Å². The summed E-state index contributed by atoms with van der Waals surface area (Å²) >= 11 is 0.873. The maximum absolute atomic E-state index is 12.7. The molecular formula is C18H14N4O7S. The molecule has 1 aromatic rings. The summed E-state index contributed by atoms with van der Waals surface area (Å²) in [6.07, 6.45) is -0.495. The normalized spacial score (nSPS) is 20.7.